The van der Waals surface area contributed by atoms with E-state index in [0.717, 1.165) is 5.56 Å². The number of nitrogens with zero attached hydrogens (tertiary/aromatic N) is 2. The van der Waals surface area contributed by atoms with Gasteiger partial charge >= 0.3 is 5.97 Å². The molecular weight excluding hydrogens is 528 g/mol. The van der Waals surface area contributed by atoms with Gasteiger partial charge in [0.15, 0.2) is 17.3 Å². The van der Waals surface area contributed by atoms with Crippen molar-refractivity contribution in [3.8, 4) is 11.5 Å². The quantitative estimate of drug-likeness (QED) is 0.182. The van der Waals surface area contributed by atoms with E-state index >= 15 is 0 Å². The number of benzene rings is 2. The van der Waals surface area contributed by atoms with Gasteiger partial charge in [-0.05, 0) is 48.6 Å². The molecule has 1 heterocycles. The number of methoxy groups -OCH3 is 3. The average Bonchev–Trinajstić information content (AvgIpc) is 2.91. The Hall–Kier alpha value is -3.76. The maximum Gasteiger partial charge on any atom is 0.315 e. The summed E-state index contributed by atoms with van der Waals surface area (Å²) in [6.07, 6.45) is 0.569. The van der Waals surface area contributed by atoms with Gasteiger partial charge in [0.25, 0.3) is 5.69 Å². The van der Waals surface area contributed by atoms with Crippen LogP contribution in [0.5, 0.6) is 11.5 Å². The zero-order chi connectivity index (χ0) is 28.3. The third kappa shape index (κ3) is 5.67. The zero-order valence-electron chi connectivity index (χ0n) is 22.1. The van der Waals surface area contributed by atoms with E-state index in [1.165, 1.54) is 25.3 Å². The molecule has 1 aliphatic heterocycles. The number of carbonyl (C=O) groups is 2. The van der Waals surface area contributed by atoms with Gasteiger partial charge < -0.3 is 18.9 Å². The first-order valence-electron chi connectivity index (χ1n) is 12.3. The number of non-ortho nitro benzene ring substituents is 1. The molecule has 0 saturated carbocycles. The van der Waals surface area contributed by atoms with Crippen LogP contribution < -0.4 is 9.47 Å². The Balaban J connectivity index is 1.81. The highest BCUT2D eigenvalue weighted by atomic mass is 35.5. The Kier molecular flexibility index (Phi) is 8.66. The van der Waals surface area contributed by atoms with Gasteiger partial charge in [-0.2, -0.15) is 0 Å². The molecule has 39 heavy (non-hydrogen) atoms. The van der Waals surface area contributed by atoms with E-state index in [1.807, 2.05) is 12.1 Å². The minimum absolute atomic E-state index is 0.00965. The van der Waals surface area contributed by atoms with Gasteiger partial charge in [0.1, 0.15) is 12.5 Å². The first-order valence-corrected chi connectivity index (χ1v) is 12.7. The number of aliphatic imine (C=N–C) groups is 1. The number of nitro benzene ring substituents is 1. The van der Waals surface area contributed by atoms with Crippen molar-refractivity contribution < 1.29 is 33.5 Å². The molecule has 0 spiro atoms. The standard InChI is InChI=1S/C28H29ClN2O8/c1-15-25(28(33)39-10-9-36-2)26(19-14-18(31(34)35)6-7-20(19)29)27-21(30-15)11-17(12-22(27)32)16-5-8-23(37-3)24(13-16)38-4/h5-8,13-14,17,25-26H,9-12H2,1-4H3. The summed E-state index contributed by atoms with van der Waals surface area (Å²) in [5.74, 6) is -1.77. The van der Waals surface area contributed by atoms with E-state index in [1.54, 1.807) is 27.2 Å². The van der Waals surface area contributed by atoms with E-state index < -0.39 is 22.7 Å². The zero-order valence-corrected chi connectivity index (χ0v) is 22.8. The fourth-order valence-corrected chi connectivity index (χ4v) is 5.48. The lowest BCUT2D eigenvalue weighted by atomic mass is 9.69. The molecule has 2 aromatic rings. The summed E-state index contributed by atoms with van der Waals surface area (Å²) in [4.78, 5) is 42.9. The lowest BCUT2D eigenvalue weighted by Crippen LogP contribution is -2.38. The number of esters is 1. The molecule has 3 unspecified atom stereocenters. The van der Waals surface area contributed by atoms with Gasteiger partial charge in [-0.1, -0.05) is 17.7 Å². The van der Waals surface area contributed by atoms with E-state index in [2.05, 4.69) is 0 Å². The Morgan fingerprint density at radius 1 is 1.08 bits per heavy atom. The van der Waals surface area contributed by atoms with Crippen LogP contribution in [0.1, 0.15) is 42.7 Å². The summed E-state index contributed by atoms with van der Waals surface area (Å²) in [6, 6.07) is 9.52. The number of ether oxygens (including phenoxy) is 4. The van der Waals surface area contributed by atoms with Crippen LogP contribution in [0.25, 0.3) is 0 Å². The highest BCUT2D eigenvalue weighted by molar-refractivity contribution is 6.31. The van der Waals surface area contributed by atoms with E-state index in [4.69, 9.17) is 35.5 Å². The van der Waals surface area contributed by atoms with Crippen LogP contribution in [0.3, 0.4) is 0 Å². The molecule has 11 heteroatoms. The molecule has 0 aromatic heterocycles. The second-order valence-electron chi connectivity index (χ2n) is 9.33. The predicted molar refractivity (Wildman–Crippen MR) is 144 cm³/mol. The van der Waals surface area contributed by atoms with Crippen molar-refractivity contribution in [2.24, 2.45) is 10.9 Å². The van der Waals surface area contributed by atoms with Crippen molar-refractivity contribution in [2.45, 2.75) is 31.6 Å². The summed E-state index contributed by atoms with van der Waals surface area (Å²) in [6.45, 7) is 1.89. The molecule has 2 aliphatic rings. The number of hydrogen-bond acceptors (Lipinski definition) is 9. The van der Waals surface area contributed by atoms with Gasteiger partial charge in [-0.25, -0.2) is 0 Å². The predicted octanol–water partition coefficient (Wildman–Crippen LogP) is 5.03. The van der Waals surface area contributed by atoms with Crippen molar-refractivity contribution >= 4 is 34.8 Å². The van der Waals surface area contributed by atoms with Gasteiger partial charge in [-0.15, -0.1) is 0 Å². The van der Waals surface area contributed by atoms with Gasteiger partial charge in [0, 0.05) is 53.6 Å². The molecule has 10 nitrogen and oxygen atoms in total. The van der Waals surface area contributed by atoms with Crippen molar-refractivity contribution in [1.29, 1.82) is 0 Å². The van der Waals surface area contributed by atoms with E-state index in [-0.39, 0.29) is 42.0 Å². The Morgan fingerprint density at radius 2 is 1.82 bits per heavy atom. The Morgan fingerprint density at radius 3 is 2.49 bits per heavy atom. The summed E-state index contributed by atoms with van der Waals surface area (Å²) >= 11 is 6.55. The normalized spacial score (nSPS) is 20.7. The minimum atomic E-state index is -0.985. The van der Waals surface area contributed by atoms with Crippen LogP contribution in [-0.4, -0.2) is 56.9 Å². The van der Waals surface area contributed by atoms with Crippen molar-refractivity contribution in [3.63, 3.8) is 0 Å². The largest absolute Gasteiger partial charge is 0.493 e. The van der Waals surface area contributed by atoms with Gasteiger partial charge in [0.05, 0.1) is 25.7 Å². The summed E-state index contributed by atoms with van der Waals surface area (Å²) in [5, 5.41) is 11.8. The number of carbonyl (C=O) groups excluding carboxylic acids is 2. The summed E-state index contributed by atoms with van der Waals surface area (Å²) < 4.78 is 21.2. The molecule has 3 atom stereocenters. The second-order valence-corrected chi connectivity index (χ2v) is 9.74. The van der Waals surface area contributed by atoms with Crippen molar-refractivity contribution in [3.05, 3.63) is 73.9 Å². The number of halogens is 1. The number of allylic oxidation sites excluding steroid dienone is 2. The van der Waals surface area contributed by atoms with Crippen LogP contribution in [-0.2, 0) is 19.1 Å². The molecule has 0 amide bonds. The molecular formula is C28H29ClN2O8. The minimum Gasteiger partial charge on any atom is -0.493 e. The highest BCUT2D eigenvalue weighted by Crippen LogP contribution is 2.49. The average molecular weight is 557 g/mol. The maximum atomic E-state index is 13.8. The SMILES string of the molecule is COCCOC(=O)C1C(C)=NC2=C(C(=O)CC(c3ccc(OC)c(OC)c3)C2)C1c1cc([N+](=O)[O-])ccc1Cl. The first-order chi connectivity index (χ1) is 18.7. The van der Waals surface area contributed by atoms with E-state index in [0.29, 0.717) is 40.5 Å². The third-order valence-corrected chi connectivity index (χ3v) is 7.42. The number of rotatable bonds is 9. The van der Waals surface area contributed by atoms with Gasteiger partial charge in [-0.3, -0.25) is 24.7 Å². The fourth-order valence-electron chi connectivity index (χ4n) is 5.24. The highest BCUT2D eigenvalue weighted by Gasteiger charge is 2.46. The maximum absolute atomic E-state index is 13.8. The first kappa shape index (κ1) is 28.3. The van der Waals surface area contributed by atoms with Crippen molar-refractivity contribution in [1.82, 2.24) is 0 Å². The van der Waals surface area contributed by atoms with Crippen LogP contribution in [0.2, 0.25) is 5.02 Å². The number of ketones is 1. The summed E-state index contributed by atoms with van der Waals surface area (Å²) in [5.41, 5.74) is 2.27. The van der Waals surface area contributed by atoms with Gasteiger partial charge in [0.2, 0.25) is 0 Å². The summed E-state index contributed by atoms with van der Waals surface area (Å²) in [7, 11) is 4.58. The van der Waals surface area contributed by atoms with Crippen molar-refractivity contribution in [2.75, 3.05) is 34.5 Å². The number of hydrogen-bond donors (Lipinski definition) is 0. The van der Waals surface area contributed by atoms with Crippen LogP contribution in [0, 0.1) is 16.0 Å². The number of nitro groups is 1. The molecule has 206 valence electrons. The lowest BCUT2D eigenvalue weighted by Gasteiger charge is -2.36. The van der Waals surface area contributed by atoms with Crippen LogP contribution in [0.4, 0.5) is 5.69 Å². The molecule has 0 radical (unpaired) electrons. The Bertz CT molecular complexity index is 1370. The monoisotopic (exact) mass is 556 g/mol. The molecule has 0 fully saturated rings. The topological polar surface area (TPSA) is 127 Å². The molecule has 4 rings (SSSR count). The van der Waals surface area contributed by atoms with E-state index in [9.17, 15) is 19.7 Å². The smallest absolute Gasteiger partial charge is 0.315 e. The molecule has 1 aliphatic carbocycles. The molecule has 0 saturated heterocycles. The number of Topliss-reactive ketones (excluding diaryl/α,β-unsaturated/α-hetero) is 1. The third-order valence-electron chi connectivity index (χ3n) is 7.08. The van der Waals surface area contributed by atoms with Crippen LogP contribution in [0.15, 0.2) is 52.7 Å². The van der Waals surface area contributed by atoms with Crippen LogP contribution >= 0.6 is 11.6 Å². The Labute approximate surface area is 230 Å². The fraction of sp³-hybridized carbons (Fsp3) is 0.393. The molecule has 2 aromatic carbocycles. The lowest BCUT2D eigenvalue weighted by molar-refractivity contribution is -0.384. The molecule has 0 N–H and O–H groups in total. The molecule has 0 bridgehead atoms. The second kappa shape index (κ2) is 12.0.